The Bertz CT molecular complexity index is 456. The van der Waals surface area contributed by atoms with E-state index in [4.69, 9.17) is 9.47 Å². The molecule has 0 radical (unpaired) electrons. The van der Waals surface area contributed by atoms with Crippen molar-refractivity contribution >= 4 is 0 Å². The minimum atomic E-state index is 0.620. The van der Waals surface area contributed by atoms with E-state index in [1.807, 2.05) is 60.7 Å². The minimum Gasteiger partial charge on any atom is -0.373 e. The van der Waals surface area contributed by atoms with E-state index in [2.05, 4.69) is 13.2 Å². The summed E-state index contributed by atoms with van der Waals surface area (Å²) in [6.45, 7) is 9.72. The molecule has 0 aliphatic carbocycles. The topological polar surface area (TPSA) is 18.5 Å². The van der Waals surface area contributed by atoms with E-state index in [-0.39, 0.29) is 0 Å². The molecule has 2 rings (SSSR count). The first-order chi connectivity index (χ1) is 10.9. The lowest BCUT2D eigenvalue weighted by molar-refractivity contribution is 0.149. The van der Waals surface area contributed by atoms with Gasteiger partial charge in [-0.3, -0.25) is 0 Å². The summed E-state index contributed by atoms with van der Waals surface area (Å²) < 4.78 is 10.5. The van der Waals surface area contributed by atoms with Gasteiger partial charge in [0.2, 0.25) is 0 Å². The first kappa shape index (κ1) is 17.9. The molecule has 0 saturated heterocycles. The first-order valence-electron chi connectivity index (χ1n) is 7.32. The summed E-state index contributed by atoms with van der Waals surface area (Å²) >= 11 is 0. The van der Waals surface area contributed by atoms with Crippen LogP contribution in [0.1, 0.15) is 11.1 Å². The Morgan fingerprint density at radius 2 is 1.00 bits per heavy atom. The maximum absolute atomic E-state index is 5.25. The normalized spacial score (nSPS) is 9.45. The van der Waals surface area contributed by atoms with Gasteiger partial charge in [0.05, 0.1) is 26.4 Å². The highest BCUT2D eigenvalue weighted by Crippen LogP contribution is 2.00. The lowest BCUT2D eigenvalue weighted by Gasteiger charge is -1.99. The van der Waals surface area contributed by atoms with Crippen LogP contribution in [0.2, 0.25) is 0 Å². The van der Waals surface area contributed by atoms with Gasteiger partial charge in [-0.05, 0) is 11.1 Å². The second kappa shape index (κ2) is 12.6. The molecule has 0 aromatic heterocycles. The van der Waals surface area contributed by atoms with E-state index in [1.165, 1.54) is 11.1 Å². The zero-order valence-corrected chi connectivity index (χ0v) is 13.0. The number of benzene rings is 2. The largest absolute Gasteiger partial charge is 0.373 e. The zero-order valence-electron chi connectivity index (χ0n) is 13.0. The Balaban J connectivity index is 0.000000220. The predicted octanol–water partition coefficient (Wildman–Crippen LogP) is 4.78. The van der Waals surface area contributed by atoms with E-state index in [9.17, 15) is 0 Å². The highest BCUT2D eigenvalue weighted by molar-refractivity contribution is 5.14. The summed E-state index contributed by atoms with van der Waals surface area (Å²) in [5, 5.41) is 0. The fourth-order valence-corrected chi connectivity index (χ4v) is 1.67. The third kappa shape index (κ3) is 8.90. The fourth-order valence-electron chi connectivity index (χ4n) is 1.67. The lowest BCUT2D eigenvalue weighted by atomic mass is 10.2. The van der Waals surface area contributed by atoms with Crippen LogP contribution in [-0.4, -0.2) is 13.2 Å². The van der Waals surface area contributed by atoms with Gasteiger partial charge >= 0.3 is 0 Å². The molecule has 0 aliphatic rings. The SMILES string of the molecule is C=CCOCc1ccccc1.C=CCOCc1ccccc1. The molecule has 0 amide bonds. The van der Waals surface area contributed by atoms with Crippen molar-refractivity contribution in [2.75, 3.05) is 13.2 Å². The Morgan fingerprint density at radius 3 is 1.32 bits per heavy atom. The van der Waals surface area contributed by atoms with Crippen molar-refractivity contribution in [3.05, 3.63) is 97.1 Å². The molecule has 0 fully saturated rings. The van der Waals surface area contributed by atoms with Gasteiger partial charge in [0.15, 0.2) is 0 Å². The number of hydrogen-bond acceptors (Lipinski definition) is 2. The predicted molar refractivity (Wildman–Crippen MR) is 92.6 cm³/mol. The quantitative estimate of drug-likeness (QED) is 0.515. The summed E-state index contributed by atoms with van der Waals surface area (Å²) in [6.07, 6.45) is 3.51. The van der Waals surface area contributed by atoms with Crippen molar-refractivity contribution in [3.63, 3.8) is 0 Å². The summed E-state index contributed by atoms with van der Waals surface area (Å²) in [7, 11) is 0. The van der Waals surface area contributed by atoms with Crippen LogP contribution in [0.3, 0.4) is 0 Å². The molecule has 2 nitrogen and oxygen atoms in total. The van der Waals surface area contributed by atoms with Gasteiger partial charge in [-0.15, -0.1) is 13.2 Å². The van der Waals surface area contributed by atoms with Crippen LogP contribution in [-0.2, 0) is 22.7 Å². The zero-order chi connectivity index (χ0) is 15.9. The van der Waals surface area contributed by atoms with Crippen molar-refractivity contribution in [1.82, 2.24) is 0 Å². The Labute approximate surface area is 133 Å². The van der Waals surface area contributed by atoms with Crippen molar-refractivity contribution in [1.29, 1.82) is 0 Å². The summed E-state index contributed by atoms with van der Waals surface area (Å²) in [6, 6.07) is 20.2. The van der Waals surface area contributed by atoms with Gasteiger partial charge in [0.1, 0.15) is 0 Å². The van der Waals surface area contributed by atoms with Crippen molar-refractivity contribution in [3.8, 4) is 0 Å². The highest BCUT2D eigenvalue weighted by atomic mass is 16.5. The van der Waals surface area contributed by atoms with E-state index in [1.54, 1.807) is 12.2 Å². The second-order valence-electron chi connectivity index (χ2n) is 4.58. The maximum Gasteiger partial charge on any atom is 0.0721 e. The molecule has 0 atom stereocenters. The average molecular weight is 296 g/mol. The molecular formula is C20H24O2. The van der Waals surface area contributed by atoms with Gasteiger partial charge in [0.25, 0.3) is 0 Å². The van der Waals surface area contributed by atoms with Crippen molar-refractivity contribution in [2.24, 2.45) is 0 Å². The van der Waals surface area contributed by atoms with Crippen molar-refractivity contribution in [2.45, 2.75) is 13.2 Å². The Kier molecular flexibility index (Phi) is 10.2. The van der Waals surface area contributed by atoms with Crippen LogP contribution < -0.4 is 0 Å². The third-order valence-electron chi connectivity index (χ3n) is 2.69. The van der Waals surface area contributed by atoms with Gasteiger partial charge in [-0.2, -0.15) is 0 Å². The Morgan fingerprint density at radius 1 is 0.636 bits per heavy atom. The third-order valence-corrected chi connectivity index (χ3v) is 2.69. The smallest absolute Gasteiger partial charge is 0.0721 e. The molecule has 2 aromatic carbocycles. The molecule has 0 aliphatic heterocycles. The molecule has 22 heavy (non-hydrogen) atoms. The minimum absolute atomic E-state index is 0.620. The van der Waals surface area contributed by atoms with E-state index < -0.39 is 0 Å². The molecule has 0 bridgehead atoms. The molecule has 0 N–H and O–H groups in total. The first-order valence-corrected chi connectivity index (χ1v) is 7.32. The van der Waals surface area contributed by atoms with Crippen LogP contribution in [0, 0.1) is 0 Å². The molecular weight excluding hydrogens is 272 g/mol. The lowest BCUT2D eigenvalue weighted by Crippen LogP contribution is -1.91. The molecule has 0 saturated carbocycles. The van der Waals surface area contributed by atoms with Crippen LogP contribution in [0.25, 0.3) is 0 Å². The van der Waals surface area contributed by atoms with Crippen molar-refractivity contribution < 1.29 is 9.47 Å². The monoisotopic (exact) mass is 296 g/mol. The molecule has 116 valence electrons. The van der Waals surface area contributed by atoms with Gasteiger partial charge in [0, 0.05) is 0 Å². The fraction of sp³-hybridized carbons (Fsp3) is 0.200. The highest BCUT2D eigenvalue weighted by Gasteiger charge is 1.88. The molecule has 2 aromatic rings. The van der Waals surface area contributed by atoms with E-state index in [0.717, 1.165) is 0 Å². The molecule has 0 heterocycles. The number of ether oxygens (including phenoxy) is 2. The van der Waals surface area contributed by atoms with Gasteiger partial charge in [-0.1, -0.05) is 72.8 Å². The number of hydrogen-bond donors (Lipinski definition) is 0. The van der Waals surface area contributed by atoms with Crippen LogP contribution in [0.15, 0.2) is 86.0 Å². The van der Waals surface area contributed by atoms with Gasteiger partial charge in [-0.25, -0.2) is 0 Å². The van der Waals surface area contributed by atoms with Crippen LogP contribution >= 0.6 is 0 Å². The van der Waals surface area contributed by atoms with E-state index in [0.29, 0.717) is 26.4 Å². The summed E-state index contributed by atoms with van der Waals surface area (Å²) in [5.74, 6) is 0. The standard InChI is InChI=1S/2C10H12O/c2*1-2-8-11-9-10-6-4-3-5-7-10/h2*2-7H,1,8-9H2. The molecule has 0 unspecified atom stereocenters. The average Bonchev–Trinajstić information content (AvgIpc) is 2.58. The molecule has 0 spiro atoms. The molecule has 2 heteroatoms. The maximum atomic E-state index is 5.25. The summed E-state index contributed by atoms with van der Waals surface area (Å²) in [4.78, 5) is 0. The van der Waals surface area contributed by atoms with E-state index >= 15 is 0 Å². The van der Waals surface area contributed by atoms with Crippen LogP contribution in [0.4, 0.5) is 0 Å². The summed E-state index contributed by atoms with van der Waals surface area (Å²) in [5.41, 5.74) is 2.41. The van der Waals surface area contributed by atoms with Crippen LogP contribution in [0.5, 0.6) is 0 Å². The second-order valence-corrected chi connectivity index (χ2v) is 4.58. The number of rotatable bonds is 8. The Hall–Kier alpha value is -2.16. The van der Waals surface area contributed by atoms with Gasteiger partial charge < -0.3 is 9.47 Å².